The summed E-state index contributed by atoms with van der Waals surface area (Å²) in [6.45, 7) is 4.82. The Balaban J connectivity index is 1.24. The minimum absolute atomic E-state index is 0.129. The number of para-hydroxylation sites is 2. The summed E-state index contributed by atoms with van der Waals surface area (Å²) in [6, 6.07) is 19.7. The van der Waals surface area contributed by atoms with E-state index >= 15 is 0 Å². The molecule has 3 heterocycles. The molecule has 0 radical (unpaired) electrons. The first-order valence-corrected chi connectivity index (χ1v) is 11.9. The van der Waals surface area contributed by atoms with Crippen molar-refractivity contribution in [1.82, 2.24) is 29.3 Å². The smallest absolute Gasteiger partial charge is 0.234 e. The number of fused-ring (bicyclic) bond motifs is 1. The lowest BCUT2D eigenvalue weighted by Crippen LogP contribution is -2.15. The van der Waals surface area contributed by atoms with Crippen LogP contribution in [0.4, 0.5) is 5.69 Å². The number of aromatic nitrogens is 6. The van der Waals surface area contributed by atoms with E-state index in [0.29, 0.717) is 5.69 Å². The second-order valence-electron chi connectivity index (χ2n) is 7.71. The van der Waals surface area contributed by atoms with Crippen molar-refractivity contribution in [3.05, 3.63) is 78.8 Å². The molecule has 0 aliphatic rings. The lowest BCUT2D eigenvalue weighted by Gasteiger charge is -2.09. The molecule has 0 fully saturated rings. The molecule has 0 bridgehead atoms. The molecule has 0 unspecified atom stereocenters. The van der Waals surface area contributed by atoms with Crippen LogP contribution >= 0.6 is 11.8 Å². The van der Waals surface area contributed by atoms with Crippen LogP contribution in [0.15, 0.2) is 78.3 Å². The number of pyridine rings is 1. The van der Waals surface area contributed by atoms with Crippen LogP contribution < -0.4 is 5.32 Å². The van der Waals surface area contributed by atoms with Crippen LogP contribution in [0.3, 0.4) is 0 Å². The minimum atomic E-state index is -0.129. The maximum atomic E-state index is 12.6. The number of benzene rings is 2. The molecule has 0 saturated heterocycles. The molecule has 9 heteroatoms. The van der Waals surface area contributed by atoms with Gasteiger partial charge in [0.25, 0.3) is 0 Å². The summed E-state index contributed by atoms with van der Waals surface area (Å²) in [6.07, 6.45) is 3.40. The van der Waals surface area contributed by atoms with Crippen molar-refractivity contribution in [1.29, 1.82) is 0 Å². The maximum Gasteiger partial charge on any atom is 0.234 e. The van der Waals surface area contributed by atoms with Gasteiger partial charge in [-0.1, -0.05) is 48.2 Å². The number of thioether (sulfide) groups is 1. The van der Waals surface area contributed by atoms with Crippen LogP contribution in [0.5, 0.6) is 0 Å². The number of nitrogens with one attached hydrogen (secondary N) is 1. The Hall–Kier alpha value is -3.98. The van der Waals surface area contributed by atoms with Gasteiger partial charge in [-0.25, -0.2) is 9.97 Å². The third kappa shape index (κ3) is 4.29. The number of hydrogen-bond donors (Lipinski definition) is 1. The van der Waals surface area contributed by atoms with Crippen molar-refractivity contribution in [3.8, 4) is 17.2 Å². The van der Waals surface area contributed by atoms with E-state index in [1.807, 2.05) is 70.7 Å². The van der Waals surface area contributed by atoms with Gasteiger partial charge in [0.1, 0.15) is 12.1 Å². The lowest BCUT2D eigenvalue weighted by molar-refractivity contribution is -0.113. The average Bonchev–Trinajstić information content (AvgIpc) is 3.47. The van der Waals surface area contributed by atoms with E-state index in [-0.39, 0.29) is 11.7 Å². The predicted molar refractivity (Wildman–Crippen MR) is 134 cm³/mol. The molecule has 3 aromatic heterocycles. The Bertz CT molecular complexity index is 1460. The summed E-state index contributed by atoms with van der Waals surface area (Å²) in [4.78, 5) is 21.5. The fourth-order valence-electron chi connectivity index (χ4n) is 3.77. The second kappa shape index (κ2) is 9.48. The molecule has 0 aliphatic carbocycles. The highest BCUT2D eigenvalue weighted by Crippen LogP contribution is 2.26. The number of hydrogen-bond acceptors (Lipinski definition) is 6. The largest absolute Gasteiger partial charge is 0.324 e. The van der Waals surface area contributed by atoms with Gasteiger partial charge in [0.05, 0.1) is 28.7 Å². The quantitative estimate of drug-likeness (QED) is 0.346. The average molecular weight is 470 g/mol. The van der Waals surface area contributed by atoms with Gasteiger partial charge < -0.3 is 9.88 Å². The summed E-state index contributed by atoms with van der Waals surface area (Å²) in [5.41, 5.74) is 4.71. The number of rotatable bonds is 7. The first-order valence-electron chi connectivity index (χ1n) is 10.9. The fraction of sp³-hybridized carbons (Fsp3) is 0.160. The van der Waals surface area contributed by atoms with E-state index in [1.165, 1.54) is 11.8 Å². The van der Waals surface area contributed by atoms with Crippen LogP contribution in [-0.2, 0) is 11.3 Å². The minimum Gasteiger partial charge on any atom is -0.324 e. The molecule has 0 spiro atoms. The van der Waals surface area contributed by atoms with Gasteiger partial charge in [-0.05, 0) is 43.7 Å². The summed E-state index contributed by atoms with van der Waals surface area (Å²) in [7, 11) is 0. The summed E-state index contributed by atoms with van der Waals surface area (Å²) < 4.78 is 3.95. The third-order valence-electron chi connectivity index (χ3n) is 5.48. The van der Waals surface area contributed by atoms with Gasteiger partial charge in [0, 0.05) is 12.1 Å². The third-order valence-corrected chi connectivity index (χ3v) is 6.45. The molecular formula is C25H23N7OS. The molecule has 0 atom stereocenters. The highest BCUT2D eigenvalue weighted by molar-refractivity contribution is 7.99. The van der Waals surface area contributed by atoms with Crippen LogP contribution in [0.1, 0.15) is 12.5 Å². The molecule has 5 rings (SSSR count). The van der Waals surface area contributed by atoms with E-state index in [0.717, 1.165) is 45.5 Å². The van der Waals surface area contributed by atoms with Crippen LogP contribution in [0.2, 0.25) is 0 Å². The topological polar surface area (TPSA) is 90.5 Å². The van der Waals surface area contributed by atoms with Crippen molar-refractivity contribution >= 4 is 34.4 Å². The monoisotopic (exact) mass is 469 g/mol. The molecule has 170 valence electrons. The molecule has 0 aliphatic heterocycles. The molecular weight excluding hydrogens is 446 g/mol. The van der Waals surface area contributed by atoms with Crippen molar-refractivity contribution in [2.75, 3.05) is 11.1 Å². The first-order chi connectivity index (χ1) is 16.6. The van der Waals surface area contributed by atoms with Gasteiger partial charge in [-0.15, -0.1) is 10.2 Å². The Morgan fingerprint density at radius 1 is 1.00 bits per heavy atom. The number of nitrogens with zero attached hydrogens (tertiary/aromatic N) is 6. The van der Waals surface area contributed by atoms with E-state index < -0.39 is 0 Å². The lowest BCUT2D eigenvalue weighted by atomic mass is 10.1. The van der Waals surface area contributed by atoms with E-state index in [9.17, 15) is 4.79 Å². The Kier molecular flexibility index (Phi) is 6.09. The number of carbonyl (C=O) groups excluding carboxylic acids is 1. The molecule has 5 aromatic rings. The standard InChI is InChI=1S/C25H23N7OS/c1-3-31-24(19-9-5-4-8-17(19)2)29-30-25(31)34-15-23(33)28-18-12-13-22(26-14-18)32-16-27-20-10-6-7-11-21(20)32/h4-14,16H,3,15H2,1-2H3,(H,28,33). The molecule has 34 heavy (non-hydrogen) atoms. The van der Waals surface area contributed by atoms with Crippen LogP contribution in [-0.4, -0.2) is 41.0 Å². The van der Waals surface area contributed by atoms with Gasteiger partial charge in [-0.3, -0.25) is 9.36 Å². The van der Waals surface area contributed by atoms with Gasteiger partial charge >= 0.3 is 0 Å². The van der Waals surface area contributed by atoms with E-state index in [4.69, 9.17) is 0 Å². The van der Waals surface area contributed by atoms with E-state index in [1.54, 1.807) is 12.5 Å². The van der Waals surface area contributed by atoms with Crippen molar-refractivity contribution in [3.63, 3.8) is 0 Å². The van der Waals surface area contributed by atoms with Crippen LogP contribution in [0, 0.1) is 6.92 Å². The SMILES string of the molecule is CCn1c(SCC(=O)Nc2ccc(-n3cnc4ccccc43)nc2)nnc1-c1ccccc1C. The summed E-state index contributed by atoms with van der Waals surface area (Å²) in [5.74, 6) is 1.65. The Morgan fingerprint density at radius 2 is 1.82 bits per heavy atom. The van der Waals surface area contributed by atoms with Gasteiger partial charge in [-0.2, -0.15) is 0 Å². The zero-order chi connectivity index (χ0) is 23.5. The zero-order valence-corrected chi connectivity index (χ0v) is 19.7. The number of anilines is 1. The maximum absolute atomic E-state index is 12.6. The first kappa shape index (κ1) is 21.8. The van der Waals surface area contributed by atoms with Gasteiger partial charge in [0.2, 0.25) is 5.91 Å². The fourth-order valence-corrected chi connectivity index (χ4v) is 4.58. The molecule has 2 aromatic carbocycles. The number of aryl methyl sites for hydroxylation is 1. The molecule has 1 N–H and O–H groups in total. The highest BCUT2D eigenvalue weighted by atomic mass is 32.2. The molecule has 0 saturated carbocycles. The summed E-state index contributed by atoms with van der Waals surface area (Å²) in [5, 5.41) is 12.3. The Labute approximate surface area is 201 Å². The van der Waals surface area contributed by atoms with Crippen molar-refractivity contribution in [2.24, 2.45) is 0 Å². The van der Waals surface area contributed by atoms with E-state index in [2.05, 4.69) is 38.5 Å². The van der Waals surface area contributed by atoms with Gasteiger partial charge in [0.15, 0.2) is 11.0 Å². The highest BCUT2D eigenvalue weighted by Gasteiger charge is 2.16. The number of imidazole rings is 1. The Morgan fingerprint density at radius 3 is 2.62 bits per heavy atom. The van der Waals surface area contributed by atoms with Crippen molar-refractivity contribution < 1.29 is 4.79 Å². The van der Waals surface area contributed by atoms with Crippen molar-refractivity contribution in [2.45, 2.75) is 25.5 Å². The van der Waals surface area contributed by atoms with Crippen LogP contribution in [0.25, 0.3) is 28.2 Å². The predicted octanol–water partition coefficient (Wildman–Crippen LogP) is 4.74. The molecule has 8 nitrogen and oxygen atoms in total. The number of amides is 1. The normalized spacial score (nSPS) is 11.1. The second-order valence-corrected chi connectivity index (χ2v) is 8.65. The molecule has 1 amide bonds. The zero-order valence-electron chi connectivity index (χ0n) is 18.8. The number of carbonyl (C=O) groups is 1. The summed E-state index contributed by atoms with van der Waals surface area (Å²) >= 11 is 1.37.